The molecular weight excluding hydrogens is 628 g/mol. The highest BCUT2D eigenvalue weighted by atomic mass is 16.6. The van der Waals surface area contributed by atoms with Gasteiger partial charge in [-0.15, -0.1) is 12.8 Å². The van der Waals surface area contributed by atoms with Crippen molar-refractivity contribution in [1.82, 2.24) is 29.7 Å². The summed E-state index contributed by atoms with van der Waals surface area (Å²) in [5, 5.41) is 0. The molecule has 2 amide bonds. The number of benzene rings is 2. The van der Waals surface area contributed by atoms with Crippen molar-refractivity contribution in [3.05, 3.63) is 72.6 Å². The average Bonchev–Trinajstić information content (AvgIpc) is 3.43. The van der Waals surface area contributed by atoms with Gasteiger partial charge in [-0.05, 0) is 89.0 Å². The third-order valence-corrected chi connectivity index (χ3v) is 8.64. The molecule has 264 valence electrons. The molecule has 2 N–H and O–H groups in total. The first kappa shape index (κ1) is 36.2. The zero-order valence-electron chi connectivity index (χ0n) is 30.2. The smallest absolute Gasteiger partial charge is 0.410 e. The number of nitrogens with zero attached hydrogens (tertiary/aromatic N) is 4. The summed E-state index contributed by atoms with van der Waals surface area (Å²) in [7, 11) is 0. The lowest BCUT2D eigenvalue weighted by atomic mass is 10.0. The number of hydrogen-bond donors (Lipinski definition) is 2. The number of carbonyl (C=O) groups excluding carboxylic acids is 2. The predicted octanol–water partition coefficient (Wildman–Crippen LogP) is 8.99. The number of amides is 2. The van der Waals surface area contributed by atoms with E-state index >= 15 is 0 Å². The number of imidazole rings is 2. The molecule has 1 aliphatic heterocycles. The van der Waals surface area contributed by atoms with Gasteiger partial charge in [0, 0.05) is 13.1 Å². The van der Waals surface area contributed by atoms with E-state index in [1.165, 1.54) is 12.8 Å². The van der Waals surface area contributed by atoms with Crippen molar-refractivity contribution in [3.8, 4) is 46.5 Å². The molecule has 10 nitrogen and oxygen atoms in total. The Labute approximate surface area is 296 Å². The Morgan fingerprint density at radius 3 is 1.90 bits per heavy atom. The number of rotatable bonds is 9. The highest BCUT2D eigenvalue weighted by molar-refractivity contribution is 5.72. The topological polar surface area (TPSA) is 116 Å². The summed E-state index contributed by atoms with van der Waals surface area (Å²) < 4.78 is 11.3. The molecule has 4 aromatic rings. The van der Waals surface area contributed by atoms with E-state index in [1.807, 2.05) is 53.9 Å². The standard InChI is InChI=1S/C38H48N6O4.C2H2/c1-37(2,3)47-35(45)43(21-19-25-9-10-25)24-33-39-22-30(41-33)28-15-11-26(12-16-28)27-13-17-29(18-14-27)31-23-40-34(42-31)32-8-7-20-44(32)36(46)48-38(4,5)6;1-2/h11-18,22-23,25,32H,7-10,19-21,24H2,1-6H3,(H,39,41)(H,40,42);1-2H/t32-;/m0./s1. The number of aromatic nitrogens is 4. The van der Waals surface area contributed by atoms with Crippen molar-refractivity contribution in [1.29, 1.82) is 0 Å². The quantitative estimate of drug-likeness (QED) is 0.171. The summed E-state index contributed by atoms with van der Waals surface area (Å²) in [4.78, 5) is 45.3. The number of aromatic amines is 2. The number of terminal acetylenes is 1. The maximum atomic E-state index is 12.9. The number of ether oxygens (including phenoxy) is 2. The Morgan fingerprint density at radius 1 is 0.800 bits per heavy atom. The Kier molecular flexibility index (Phi) is 11.0. The molecule has 50 heavy (non-hydrogen) atoms. The van der Waals surface area contributed by atoms with Crippen molar-refractivity contribution in [2.45, 2.75) is 97.4 Å². The second-order valence-corrected chi connectivity index (χ2v) is 15.0. The average molecular weight is 679 g/mol. The molecule has 1 saturated heterocycles. The van der Waals surface area contributed by atoms with Gasteiger partial charge in [-0.1, -0.05) is 61.4 Å². The summed E-state index contributed by atoms with van der Waals surface area (Å²) >= 11 is 0. The van der Waals surface area contributed by atoms with E-state index in [-0.39, 0.29) is 18.2 Å². The lowest BCUT2D eigenvalue weighted by Gasteiger charge is -2.27. The van der Waals surface area contributed by atoms with Gasteiger partial charge in [0.1, 0.15) is 22.9 Å². The molecule has 0 unspecified atom stereocenters. The van der Waals surface area contributed by atoms with Crippen LogP contribution in [0.15, 0.2) is 60.9 Å². The molecular formula is C40H50N6O4. The number of likely N-dealkylation sites (tertiary alicyclic amines) is 1. The molecule has 6 rings (SSSR count). The van der Waals surface area contributed by atoms with Gasteiger partial charge >= 0.3 is 12.2 Å². The Hall–Kier alpha value is -5.04. The molecule has 1 saturated carbocycles. The highest BCUT2D eigenvalue weighted by Gasteiger charge is 2.35. The maximum absolute atomic E-state index is 12.9. The van der Waals surface area contributed by atoms with Gasteiger partial charge < -0.3 is 24.3 Å². The van der Waals surface area contributed by atoms with Crippen molar-refractivity contribution < 1.29 is 19.1 Å². The second-order valence-electron chi connectivity index (χ2n) is 15.0. The van der Waals surface area contributed by atoms with Crippen molar-refractivity contribution >= 4 is 12.2 Å². The molecule has 3 heterocycles. The monoisotopic (exact) mass is 678 g/mol. The van der Waals surface area contributed by atoms with Crippen molar-refractivity contribution in [2.24, 2.45) is 5.92 Å². The minimum atomic E-state index is -0.546. The van der Waals surface area contributed by atoms with Gasteiger partial charge in [-0.3, -0.25) is 4.90 Å². The van der Waals surface area contributed by atoms with E-state index < -0.39 is 11.2 Å². The molecule has 1 atom stereocenters. The van der Waals surface area contributed by atoms with Crippen molar-refractivity contribution in [3.63, 3.8) is 0 Å². The van der Waals surface area contributed by atoms with Crippen LogP contribution in [0.3, 0.4) is 0 Å². The van der Waals surface area contributed by atoms with Gasteiger partial charge in [0.05, 0.1) is 36.4 Å². The van der Waals surface area contributed by atoms with Crippen LogP contribution in [-0.4, -0.2) is 66.2 Å². The van der Waals surface area contributed by atoms with Gasteiger partial charge in [-0.2, -0.15) is 0 Å². The predicted molar refractivity (Wildman–Crippen MR) is 196 cm³/mol. The zero-order valence-corrected chi connectivity index (χ0v) is 30.2. The number of nitrogens with one attached hydrogen (secondary N) is 2. The van der Waals surface area contributed by atoms with E-state index in [9.17, 15) is 9.59 Å². The Bertz CT molecular complexity index is 1750. The summed E-state index contributed by atoms with van der Waals surface area (Å²) in [6.45, 7) is 13.0. The van der Waals surface area contributed by atoms with E-state index in [0.29, 0.717) is 19.6 Å². The molecule has 1 aliphatic carbocycles. The van der Waals surface area contributed by atoms with Crippen LogP contribution in [0.25, 0.3) is 33.6 Å². The number of H-pyrrole nitrogens is 2. The van der Waals surface area contributed by atoms with Crippen LogP contribution in [0.1, 0.15) is 91.3 Å². The van der Waals surface area contributed by atoms with E-state index in [0.717, 1.165) is 70.5 Å². The number of hydrogen-bond acceptors (Lipinski definition) is 6. The highest BCUT2D eigenvalue weighted by Crippen LogP contribution is 2.34. The molecule has 0 spiro atoms. The molecule has 2 fully saturated rings. The first-order valence-corrected chi connectivity index (χ1v) is 17.4. The summed E-state index contributed by atoms with van der Waals surface area (Å²) in [5.74, 6) is 2.24. The molecule has 10 heteroatoms. The van der Waals surface area contributed by atoms with Crippen LogP contribution < -0.4 is 0 Å². The SMILES string of the molecule is C#C.CC(C)(C)OC(=O)N(CCC1CC1)Cc1ncc(-c2ccc(-c3ccc(-c4cnc([C@@H]5CCCN5C(=O)OC(C)(C)C)[nH]4)cc3)cc2)[nH]1. The largest absolute Gasteiger partial charge is 0.444 e. The van der Waals surface area contributed by atoms with Gasteiger partial charge in [0.2, 0.25) is 0 Å². The first-order chi connectivity index (χ1) is 23.8. The third kappa shape index (κ3) is 9.56. The number of carbonyl (C=O) groups is 2. The molecule has 2 aromatic heterocycles. The van der Waals surface area contributed by atoms with Gasteiger partial charge in [0.15, 0.2) is 0 Å². The van der Waals surface area contributed by atoms with Crippen LogP contribution >= 0.6 is 0 Å². The normalized spacial score (nSPS) is 16.0. The fourth-order valence-corrected chi connectivity index (χ4v) is 6.00. The van der Waals surface area contributed by atoms with Crippen LogP contribution in [0.4, 0.5) is 9.59 Å². The molecule has 2 aliphatic rings. The van der Waals surface area contributed by atoms with E-state index in [4.69, 9.17) is 9.47 Å². The van der Waals surface area contributed by atoms with Crippen LogP contribution in [0, 0.1) is 18.8 Å². The second kappa shape index (κ2) is 15.2. The van der Waals surface area contributed by atoms with Gasteiger partial charge in [0.25, 0.3) is 0 Å². The molecule has 0 bridgehead atoms. The lowest BCUT2D eigenvalue weighted by Crippen LogP contribution is -2.37. The molecule has 2 aromatic carbocycles. The summed E-state index contributed by atoms with van der Waals surface area (Å²) in [6, 6.07) is 16.6. The maximum Gasteiger partial charge on any atom is 0.410 e. The third-order valence-electron chi connectivity index (χ3n) is 8.64. The van der Waals surface area contributed by atoms with Crippen LogP contribution in [-0.2, 0) is 16.0 Å². The van der Waals surface area contributed by atoms with Crippen LogP contribution in [0.5, 0.6) is 0 Å². The first-order valence-electron chi connectivity index (χ1n) is 17.4. The minimum Gasteiger partial charge on any atom is -0.444 e. The fraction of sp³-hybridized carbons (Fsp3) is 0.450. The Morgan fingerprint density at radius 2 is 1.34 bits per heavy atom. The van der Waals surface area contributed by atoms with E-state index in [2.05, 4.69) is 81.3 Å². The molecule has 0 radical (unpaired) electrons. The summed E-state index contributed by atoms with van der Waals surface area (Å²) in [5.41, 5.74) is 4.99. The minimum absolute atomic E-state index is 0.117. The van der Waals surface area contributed by atoms with Crippen LogP contribution in [0.2, 0.25) is 0 Å². The summed E-state index contributed by atoms with van der Waals surface area (Å²) in [6.07, 6.45) is 16.3. The fourth-order valence-electron chi connectivity index (χ4n) is 6.00. The zero-order chi connectivity index (χ0) is 36.1. The van der Waals surface area contributed by atoms with E-state index in [1.54, 1.807) is 9.80 Å². The van der Waals surface area contributed by atoms with Gasteiger partial charge in [-0.25, -0.2) is 19.6 Å². The van der Waals surface area contributed by atoms with Crippen molar-refractivity contribution in [2.75, 3.05) is 13.1 Å². The Balaban J connectivity index is 0.00000239. The lowest BCUT2D eigenvalue weighted by molar-refractivity contribution is 0.0211.